The van der Waals surface area contributed by atoms with E-state index in [0.717, 1.165) is 45.1 Å². The van der Waals surface area contributed by atoms with Gasteiger partial charge in [-0.1, -0.05) is 0 Å². The molecule has 6 nitrogen and oxygen atoms in total. The molecule has 0 amide bonds. The van der Waals surface area contributed by atoms with Gasteiger partial charge in [0.05, 0.1) is 16.9 Å². The molecule has 144 valence electrons. The fourth-order valence-corrected chi connectivity index (χ4v) is 3.50. The Hall–Kier alpha value is -2.61. The van der Waals surface area contributed by atoms with E-state index in [1.165, 1.54) is 12.3 Å². The Morgan fingerprint density at radius 3 is 2.44 bits per heavy atom. The van der Waals surface area contributed by atoms with Crippen LogP contribution in [-0.4, -0.2) is 52.6 Å². The maximum atomic E-state index is 13.8. The first kappa shape index (κ1) is 17.8. The molecule has 1 saturated heterocycles. The standard InChI is InChI=1S/C19H24F2N6/c1-25-4-6-26(7-5-25)18(23)8-12(11-22)19-24-16-9-14(20)15(21)10-17(16)27(19)13-2-3-13/h8-11,13H,2-7,22-23H2,1H3/b12-11+,18-8+. The van der Waals surface area contributed by atoms with E-state index in [1.54, 1.807) is 6.08 Å². The number of rotatable bonds is 4. The first-order valence-corrected chi connectivity index (χ1v) is 9.18. The molecule has 2 fully saturated rings. The Labute approximate surface area is 156 Å². The summed E-state index contributed by atoms with van der Waals surface area (Å²) < 4.78 is 29.4. The van der Waals surface area contributed by atoms with Crippen LogP contribution in [0.1, 0.15) is 24.7 Å². The second-order valence-corrected chi connectivity index (χ2v) is 7.27. The van der Waals surface area contributed by atoms with Gasteiger partial charge in [-0.2, -0.15) is 0 Å². The highest BCUT2D eigenvalue weighted by Crippen LogP contribution is 2.40. The molecule has 1 saturated carbocycles. The van der Waals surface area contributed by atoms with Gasteiger partial charge in [-0.3, -0.25) is 0 Å². The minimum absolute atomic E-state index is 0.225. The summed E-state index contributed by atoms with van der Waals surface area (Å²) in [5.41, 5.74) is 13.8. The number of aromatic nitrogens is 2. The molecule has 0 spiro atoms. The summed E-state index contributed by atoms with van der Waals surface area (Å²) in [4.78, 5) is 8.89. The van der Waals surface area contributed by atoms with E-state index in [0.29, 0.717) is 28.3 Å². The van der Waals surface area contributed by atoms with E-state index in [9.17, 15) is 8.78 Å². The van der Waals surface area contributed by atoms with Crippen molar-refractivity contribution < 1.29 is 8.78 Å². The van der Waals surface area contributed by atoms with E-state index in [4.69, 9.17) is 11.5 Å². The van der Waals surface area contributed by atoms with Crippen molar-refractivity contribution in [2.45, 2.75) is 18.9 Å². The van der Waals surface area contributed by atoms with Crippen LogP contribution in [0.2, 0.25) is 0 Å². The van der Waals surface area contributed by atoms with Crippen LogP contribution in [0.3, 0.4) is 0 Å². The van der Waals surface area contributed by atoms with Crippen molar-refractivity contribution >= 4 is 16.6 Å². The van der Waals surface area contributed by atoms with Gasteiger partial charge in [-0.15, -0.1) is 0 Å². The van der Waals surface area contributed by atoms with E-state index in [2.05, 4.69) is 21.8 Å². The summed E-state index contributed by atoms with van der Waals surface area (Å²) in [5, 5.41) is 0. The zero-order chi connectivity index (χ0) is 19.1. The van der Waals surface area contributed by atoms with Gasteiger partial charge < -0.3 is 25.8 Å². The molecule has 1 aliphatic carbocycles. The molecule has 1 aliphatic heterocycles. The molecule has 1 aromatic heterocycles. The van der Waals surface area contributed by atoms with Gasteiger partial charge in [0.1, 0.15) is 5.82 Å². The van der Waals surface area contributed by atoms with Crippen LogP contribution in [0.4, 0.5) is 8.78 Å². The maximum absolute atomic E-state index is 13.8. The highest BCUT2D eigenvalue weighted by Gasteiger charge is 2.30. The van der Waals surface area contributed by atoms with Crippen molar-refractivity contribution in [2.75, 3.05) is 33.2 Å². The van der Waals surface area contributed by atoms with Crippen molar-refractivity contribution in [3.63, 3.8) is 0 Å². The SMILES string of the molecule is CN1CCN(/C(N)=C/C(=C\N)c2nc3cc(F)c(F)cc3n2C2CC2)CC1. The van der Waals surface area contributed by atoms with Gasteiger partial charge in [-0.25, -0.2) is 13.8 Å². The van der Waals surface area contributed by atoms with Gasteiger partial charge in [-0.05, 0) is 26.0 Å². The summed E-state index contributed by atoms with van der Waals surface area (Å²) >= 11 is 0. The average molecular weight is 374 g/mol. The first-order valence-electron chi connectivity index (χ1n) is 9.18. The van der Waals surface area contributed by atoms with Crippen molar-refractivity contribution in [3.8, 4) is 0 Å². The van der Waals surface area contributed by atoms with Crippen molar-refractivity contribution in [3.05, 3.63) is 47.7 Å². The lowest BCUT2D eigenvalue weighted by Crippen LogP contribution is -2.45. The first-order chi connectivity index (χ1) is 13.0. The number of hydrogen-bond donors (Lipinski definition) is 2. The number of halogens is 2. The normalized spacial score (nSPS) is 19.9. The summed E-state index contributed by atoms with van der Waals surface area (Å²) in [5.74, 6) is -0.564. The Morgan fingerprint density at radius 1 is 1.15 bits per heavy atom. The third-order valence-corrected chi connectivity index (χ3v) is 5.25. The van der Waals surface area contributed by atoms with Crippen molar-refractivity contribution in [1.82, 2.24) is 19.4 Å². The summed E-state index contributed by atoms with van der Waals surface area (Å²) in [6.45, 7) is 3.56. The Morgan fingerprint density at radius 2 is 1.81 bits per heavy atom. The molecule has 27 heavy (non-hydrogen) atoms. The van der Waals surface area contributed by atoms with Crippen LogP contribution in [-0.2, 0) is 0 Å². The Bertz CT molecular complexity index is 920. The van der Waals surface area contributed by atoms with Crippen LogP contribution < -0.4 is 11.5 Å². The third-order valence-electron chi connectivity index (χ3n) is 5.25. The number of hydrogen-bond acceptors (Lipinski definition) is 5. The zero-order valence-electron chi connectivity index (χ0n) is 15.3. The van der Waals surface area contributed by atoms with Gasteiger partial charge in [0.25, 0.3) is 0 Å². The predicted octanol–water partition coefficient (Wildman–Crippen LogP) is 2.00. The molecule has 4 N–H and O–H groups in total. The van der Waals surface area contributed by atoms with Crippen molar-refractivity contribution in [1.29, 1.82) is 0 Å². The largest absolute Gasteiger partial charge is 0.404 e. The fourth-order valence-electron chi connectivity index (χ4n) is 3.50. The number of likely N-dealkylation sites (N-methyl/N-ethyl adjacent to an activating group) is 1. The smallest absolute Gasteiger partial charge is 0.161 e. The third kappa shape index (κ3) is 3.37. The fraction of sp³-hybridized carbons (Fsp3) is 0.421. The molecule has 2 aliphatic rings. The monoisotopic (exact) mass is 374 g/mol. The number of nitrogens with zero attached hydrogens (tertiary/aromatic N) is 4. The minimum Gasteiger partial charge on any atom is -0.404 e. The lowest BCUT2D eigenvalue weighted by Gasteiger charge is -2.34. The lowest BCUT2D eigenvalue weighted by molar-refractivity contribution is 0.185. The molecule has 0 atom stereocenters. The molecular formula is C19H24F2N6. The molecule has 0 unspecified atom stereocenters. The average Bonchev–Trinajstić information content (AvgIpc) is 3.42. The number of imidazole rings is 1. The van der Waals surface area contributed by atoms with Crippen LogP contribution in [0, 0.1) is 11.6 Å². The highest BCUT2D eigenvalue weighted by atomic mass is 19.2. The minimum atomic E-state index is -0.903. The summed E-state index contributed by atoms with van der Waals surface area (Å²) in [6, 6.07) is 2.57. The van der Waals surface area contributed by atoms with E-state index in [1.807, 2.05) is 4.57 Å². The quantitative estimate of drug-likeness (QED) is 0.801. The van der Waals surface area contributed by atoms with Gasteiger partial charge >= 0.3 is 0 Å². The Kier molecular flexibility index (Phi) is 4.51. The highest BCUT2D eigenvalue weighted by molar-refractivity contribution is 5.82. The molecule has 0 bridgehead atoms. The number of fused-ring (bicyclic) bond motifs is 1. The summed E-state index contributed by atoms with van der Waals surface area (Å²) in [7, 11) is 2.08. The second-order valence-electron chi connectivity index (χ2n) is 7.27. The number of allylic oxidation sites excluding steroid dienone is 2. The zero-order valence-corrected chi connectivity index (χ0v) is 15.3. The second kappa shape index (κ2) is 6.84. The molecule has 2 aromatic rings. The topological polar surface area (TPSA) is 76.3 Å². The van der Waals surface area contributed by atoms with E-state index >= 15 is 0 Å². The van der Waals surface area contributed by atoms with E-state index in [-0.39, 0.29) is 6.04 Å². The predicted molar refractivity (Wildman–Crippen MR) is 101 cm³/mol. The summed E-state index contributed by atoms with van der Waals surface area (Å²) in [6.07, 6.45) is 5.22. The molecule has 2 heterocycles. The van der Waals surface area contributed by atoms with Crippen LogP contribution in [0.25, 0.3) is 16.6 Å². The van der Waals surface area contributed by atoms with Crippen molar-refractivity contribution in [2.24, 2.45) is 11.5 Å². The van der Waals surface area contributed by atoms with Gasteiger partial charge in [0.15, 0.2) is 11.6 Å². The van der Waals surface area contributed by atoms with Crippen LogP contribution >= 0.6 is 0 Å². The van der Waals surface area contributed by atoms with Crippen LogP contribution in [0.15, 0.2) is 30.2 Å². The van der Waals surface area contributed by atoms with Crippen LogP contribution in [0.5, 0.6) is 0 Å². The number of nitrogens with two attached hydrogens (primary N) is 2. The maximum Gasteiger partial charge on any atom is 0.161 e. The van der Waals surface area contributed by atoms with Gasteiger partial charge in [0, 0.05) is 56.1 Å². The number of benzene rings is 1. The molecule has 8 heteroatoms. The Balaban J connectivity index is 1.73. The molecular weight excluding hydrogens is 350 g/mol. The van der Waals surface area contributed by atoms with Gasteiger partial charge in [0.2, 0.25) is 0 Å². The molecule has 4 rings (SSSR count). The van der Waals surface area contributed by atoms with E-state index < -0.39 is 11.6 Å². The molecule has 0 radical (unpaired) electrons. The number of piperazine rings is 1. The lowest BCUT2D eigenvalue weighted by atomic mass is 10.2. The molecule has 1 aromatic carbocycles.